The lowest BCUT2D eigenvalue weighted by Crippen LogP contribution is -2.35. The summed E-state index contributed by atoms with van der Waals surface area (Å²) >= 11 is 0. The van der Waals surface area contributed by atoms with E-state index in [1.807, 2.05) is 0 Å². The van der Waals surface area contributed by atoms with Crippen LogP contribution in [0.5, 0.6) is 0 Å². The molecule has 61 valence electrons. The third-order valence-electron chi connectivity index (χ3n) is 3.02. The summed E-state index contributed by atoms with van der Waals surface area (Å²) in [6.45, 7) is 7.67. The van der Waals surface area contributed by atoms with Gasteiger partial charge in [-0.25, -0.2) is 0 Å². The van der Waals surface area contributed by atoms with E-state index >= 15 is 0 Å². The molecule has 1 rings (SSSR count). The van der Waals surface area contributed by atoms with Gasteiger partial charge in [0.05, 0.1) is 7.17 Å². The van der Waals surface area contributed by atoms with Gasteiger partial charge >= 0.3 is 0 Å². The first-order valence-corrected chi connectivity index (χ1v) is 4.77. The van der Waals surface area contributed by atoms with Crippen molar-refractivity contribution >= 4 is 13.8 Å². The highest BCUT2D eigenvalue weighted by molar-refractivity contribution is 7.14. The Morgan fingerprint density at radius 2 is 2.00 bits per heavy atom. The molecule has 1 saturated heterocycles. The highest BCUT2D eigenvalue weighted by Crippen LogP contribution is 2.19. The first kappa shape index (κ1) is 9.18. The molecule has 1 radical (unpaired) electrons. The smallest absolute Gasteiger partial charge is 0.121 e. The molecule has 3 heteroatoms. The fourth-order valence-electron chi connectivity index (χ4n) is 2.32. The van der Waals surface area contributed by atoms with Crippen molar-refractivity contribution in [2.24, 2.45) is 0 Å². The quantitative estimate of drug-likeness (QED) is 0.536. The van der Waals surface area contributed by atoms with Crippen molar-refractivity contribution in [2.75, 3.05) is 7.05 Å². The van der Waals surface area contributed by atoms with E-state index in [4.69, 9.17) is 0 Å². The van der Waals surface area contributed by atoms with E-state index in [0.29, 0.717) is 0 Å². The predicted octanol–water partition coefficient (Wildman–Crippen LogP) is 1.31. The van der Waals surface area contributed by atoms with Gasteiger partial charge < -0.3 is 4.90 Å². The molecule has 0 spiro atoms. The van der Waals surface area contributed by atoms with Crippen molar-refractivity contribution in [2.45, 2.75) is 45.4 Å². The molecule has 0 aromatic rings. The highest BCUT2D eigenvalue weighted by atomic mass is 15.1. The number of nitrogens with zero attached hydrogens (tertiary/aromatic N) is 1. The van der Waals surface area contributed by atoms with Crippen LogP contribution in [0, 0.1) is 0 Å². The van der Waals surface area contributed by atoms with E-state index in [1.54, 1.807) is 0 Å². The standard InChI is InChI=1S/C8H18B2N/c1-5-7-9-10(3)8(6-2)11(7)4/h7-8H,5-6H2,1-4H3. The third kappa shape index (κ3) is 1.64. The maximum atomic E-state index is 2.52. The van der Waals surface area contributed by atoms with Crippen molar-refractivity contribution in [1.82, 2.24) is 4.90 Å². The van der Waals surface area contributed by atoms with Crippen LogP contribution in [0.1, 0.15) is 26.7 Å². The van der Waals surface area contributed by atoms with Gasteiger partial charge in [0.15, 0.2) is 0 Å². The normalized spacial score (nSPS) is 32.5. The Balaban J connectivity index is 2.55. The van der Waals surface area contributed by atoms with E-state index < -0.39 is 0 Å². The molecule has 1 aliphatic heterocycles. The molecule has 11 heavy (non-hydrogen) atoms. The molecule has 0 saturated carbocycles. The van der Waals surface area contributed by atoms with Gasteiger partial charge in [0, 0.05) is 0 Å². The summed E-state index contributed by atoms with van der Waals surface area (Å²) in [5.41, 5.74) is 0. The fourth-order valence-corrected chi connectivity index (χ4v) is 2.32. The van der Waals surface area contributed by atoms with Crippen molar-refractivity contribution in [3.05, 3.63) is 0 Å². The van der Waals surface area contributed by atoms with Crippen molar-refractivity contribution in [3.63, 3.8) is 0 Å². The molecule has 1 heterocycles. The lowest BCUT2D eigenvalue weighted by molar-refractivity contribution is 0.279. The Hall–Kier alpha value is 0.0899. The molecule has 0 bridgehead atoms. The first-order chi connectivity index (χ1) is 5.20. The Labute approximate surface area is 71.8 Å². The van der Waals surface area contributed by atoms with Crippen LogP contribution in [-0.2, 0) is 0 Å². The topological polar surface area (TPSA) is 3.24 Å². The van der Waals surface area contributed by atoms with Gasteiger partial charge in [0.1, 0.15) is 6.60 Å². The summed E-state index contributed by atoms with van der Waals surface area (Å²) < 4.78 is 0. The summed E-state index contributed by atoms with van der Waals surface area (Å²) in [5.74, 6) is 1.52. The van der Waals surface area contributed by atoms with Gasteiger partial charge in [-0.1, -0.05) is 20.7 Å². The van der Waals surface area contributed by atoms with Crippen molar-refractivity contribution in [1.29, 1.82) is 0 Å². The Morgan fingerprint density at radius 3 is 2.27 bits per heavy atom. The zero-order valence-corrected chi connectivity index (χ0v) is 8.17. The second kappa shape index (κ2) is 3.66. The molecule has 1 aliphatic rings. The van der Waals surface area contributed by atoms with Gasteiger partial charge in [-0.15, -0.1) is 0 Å². The summed E-state index contributed by atoms with van der Waals surface area (Å²) in [6, 6.07) is 0. The number of hydrogen-bond donors (Lipinski definition) is 0. The molecule has 0 N–H and O–H groups in total. The fraction of sp³-hybridized carbons (Fsp3) is 1.00. The molecule has 0 aliphatic carbocycles. The molecule has 0 amide bonds. The van der Waals surface area contributed by atoms with Gasteiger partial charge in [-0.05, 0) is 31.8 Å². The van der Waals surface area contributed by atoms with Crippen molar-refractivity contribution in [3.8, 4) is 0 Å². The average Bonchev–Trinajstić information content (AvgIpc) is 2.26. The Bertz CT molecular complexity index is 129. The zero-order valence-electron chi connectivity index (χ0n) is 8.17. The molecule has 2 atom stereocenters. The summed E-state index contributed by atoms with van der Waals surface area (Å²) in [6.07, 6.45) is 2.54. The van der Waals surface area contributed by atoms with E-state index in [0.717, 1.165) is 18.5 Å². The molecule has 1 nitrogen and oxygen atoms in total. The van der Waals surface area contributed by atoms with Crippen LogP contribution < -0.4 is 0 Å². The van der Waals surface area contributed by atoms with E-state index in [-0.39, 0.29) is 0 Å². The number of hydrogen-bond acceptors (Lipinski definition) is 1. The van der Waals surface area contributed by atoms with E-state index in [9.17, 15) is 0 Å². The van der Waals surface area contributed by atoms with Crippen LogP contribution in [0.15, 0.2) is 0 Å². The van der Waals surface area contributed by atoms with Gasteiger partial charge in [0.2, 0.25) is 0 Å². The van der Waals surface area contributed by atoms with Crippen LogP contribution in [0.4, 0.5) is 0 Å². The largest absolute Gasteiger partial charge is 0.317 e. The second-order valence-corrected chi connectivity index (χ2v) is 3.67. The number of rotatable bonds is 2. The highest BCUT2D eigenvalue weighted by Gasteiger charge is 2.36. The van der Waals surface area contributed by atoms with Crippen LogP contribution in [0.2, 0.25) is 6.82 Å². The van der Waals surface area contributed by atoms with Gasteiger partial charge in [0.25, 0.3) is 0 Å². The van der Waals surface area contributed by atoms with E-state index in [2.05, 4.69) is 39.8 Å². The second-order valence-electron chi connectivity index (χ2n) is 3.67. The van der Waals surface area contributed by atoms with Crippen LogP contribution >= 0.6 is 0 Å². The molecule has 0 aromatic carbocycles. The lowest BCUT2D eigenvalue weighted by Gasteiger charge is -2.26. The SMILES string of the molecule is CCC1[B]B(C)C(CC)N1C. The van der Waals surface area contributed by atoms with E-state index in [1.165, 1.54) is 12.8 Å². The summed E-state index contributed by atoms with van der Waals surface area (Å²) in [7, 11) is 4.75. The monoisotopic (exact) mass is 150 g/mol. The summed E-state index contributed by atoms with van der Waals surface area (Å²) in [5, 5.41) is 0. The minimum atomic E-state index is 0.731. The van der Waals surface area contributed by atoms with Crippen LogP contribution in [-0.4, -0.2) is 37.6 Å². The Kier molecular flexibility index (Phi) is 3.06. The minimum Gasteiger partial charge on any atom is -0.317 e. The molecule has 0 aromatic heterocycles. The maximum Gasteiger partial charge on any atom is 0.121 e. The molecule has 1 fully saturated rings. The predicted molar refractivity (Wildman–Crippen MR) is 53.3 cm³/mol. The summed E-state index contributed by atoms with van der Waals surface area (Å²) in [4.78, 5) is 2.52. The van der Waals surface area contributed by atoms with Crippen molar-refractivity contribution < 1.29 is 0 Å². The molecular formula is C8H18B2N. The maximum absolute atomic E-state index is 2.52. The minimum absolute atomic E-state index is 0.731. The third-order valence-corrected chi connectivity index (χ3v) is 3.02. The van der Waals surface area contributed by atoms with Gasteiger partial charge in [-0.3, -0.25) is 0 Å². The van der Waals surface area contributed by atoms with Crippen LogP contribution in [0.3, 0.4) is 0 Å². The van der Waals surface area contributed by atoms with Gasteiger partial charge in [-0.2, -0.15) is 0 Å². The zero-order chi connectivity index (χ0) is 8.43. The molecular weight excluding hydrogens is 132 g/mol. The average molecular weight is 150 g/mol. The lowest BCUT2D eigenvalue weighted by atomic mass is 9.20. The van der Waals surface area contributed by atoms with Crippen LogP contribution in [0.25, 0.3) is 0 Å². The first-order valence-electron chi connectivity index (χ1n) is 4.77. The molecule has 2 unspecified atom stereocenters. The Morgan fingerprint density at radius 1 is 1.36 bits per heavy atom.